The van der Waals surface area contributed by atoms with Gasteiger partial charge >= 0.3 is 0 Å². The van der Waals surface area contributed by atoms with Gasteiger partial charge < -0.3 is 14.2 Å². The fourth-order valence-corrected chi connectivity index (χ4v) is 4.53. The first-order valence-electron chi connectivity index (χ1n) is 9.74. The average Bonchev–Trinajstić information content (AvgIpc) is 3.31. The SMILES string of the molecule is O=C(c1ccc(Cl)cc1)N1CCN(c2ccc([N+](=O)[O-])c(SCc3ccco3)c2)CC1. The Balaban J connectivity index is 1.43. The molecule has 2 aromatic carbocycles. The molecule has 1 fully saturated rings. The highest BCUT2D eigenvalue weighted by Gasteiger charge is 2.24. The van der Waals surface area contributed by atoms with Crippen LogP contribution in [0.5, 0.6) is 0 Å². The number of amides is 1. The number of rotatable bonds is 6. The first kappa shape index (κ1) is 21.3. The standard InChI is InChI=1S/C22H20ClN3O4S/c23-17-5-3-16(4-6-17)22(27)25-11-9-24(10-12-25)18-7-8-20(26(28)29)21(14-18)31-15-19-2-1-13-30-19/h1-8,13-14H,9-12,15H2. The molecule has 4 rings (SSSR count). The van der Waals surface area contributed by atoms with E-state index in [0.29, 0.717) is 47.4 Å². The first-order valence-corrected chi connectivity index (χ1v) is 11.1. The number of nitro groups is 1. The van der Waals surface area contributed by atoms with Crippen LogP contribution in [-0.2, 0) is 5.75 Å². The molecule has 0 bridgehead atoms. The lowest BCUT2D eigenvalue weighted by molar-refractivity contribution is -0.387. The first-order chi connectivity index (χ1) is 15.0. The second kappa shape index (κ2) is 9.45. The van der Waals surface area contributed by atoms with Crippen LogP contribution in [0.25, 0.3) is 0 Å². The third-order valence-corrected chi connectivity index (χ3v) is 6.43. The van der Waals surface area contributed by atoms with Gasteiger partial charge in [0.15, 0.2) is 0 Å². The fraction of sp³-hybridized carbons (Fsp3) is 0.227. The molecule has 0 aliphatic carbocycles. The predicted octanol–water partition coefficient (Wildman–Crippen LogP) is 5.10. The summed E-state index contributed by atoms with van der Waals surface area (Å²) in [5.41, 5.74) is 1.60. The molecule has 1 aliphatic heterocycles. The molecule has 160 valence electrons. The minimum absolute atomic E-state index is 0.0188. The maximum atomic E-state index is 12.7. The van der Waals surface area contributed by atoms with Crippen molar-refractivity contribution in [3.05, 3.63) is 87.3 Å². The van der Waals surface area contributed by atoms with Crippen LogP contribution in [0, 0.1) is 10.1 Å². The predicted molar refractivity (Wildman–Crippen MR) is 121 cm³/mol. The summed E-state index contributed by atoms with van der Waals surface area (Å²) in [5, 5.41) is 12.0. The number of piperazine rings is 1. The molecule has 0 atom stereocenters. The number of carbonyl (C=O) groups excluding carboxylic acids is 1. The van der Waals surface area contributed by atoms with E-state index in [0.717, 1.165) is 11.4 Å². The van der Waals surface area contributed by atoms with Crippen molar-refractivity contribution in [3.8, 4) is 0 Å². The number of carbonyl (C=O) groups is 1. The molecule has 1 aromatic heterocycles. The van der Waals surface area contributed by atoms with Crippen LogP contribution in [0.15, 0.2) is 70.2 Å². The van der Waals surface area contributed by atoms with Gasteiger partial charge in [0, 0.05) is 48.5 Å². The van der Waals surface area contributed by atoms with Gasteiger partial charge in [-0.1, -0.05) is 11.6 Å². The summed E-state index contributed by atoms with van der Waals surface area (Å²) < 4.78 is 5.33. The van der Waals surface area contributed by atoms with Crippen LogP contribution in [0.2, 0.25) is 5.02 Å². The normalized spacial score (nSPS) is 14.0. The molecule has 31 heavy (non-hydrogen) atoms. The molecule has 0 spiro atoms. The highest BCUT2D eigenvalue weighted by Crippen LogP contribution is 2.35. The zero-order valence-electron chi connectivity index (χ0n) is 16.6. The van der Waals surface area contributed by atoms with E-state index in [1.807, 2.05) is 17.0 Å². The van der Waals surface area contributed by atoms with Gasteiger partial charge in [0.2, 0.25) is 0 Å². The maximum absolute atomic E-state index is 12.7. The summed E-state index contributed by atoms with van der Waals surface area (Å²) in [7, 11) is 0. The molecule has 3 aromatic rings. The highest BCUT2D eigenvalue weighted by atomic mass is 35.5. The van der Waals surface area contributed by atoms with E-state index in [2.05, 4.69) is 4.90 Å². The van der Waals surface area contributed by atoms with E-state index in [1.54, 1.807) is 48.7 Å². The van der Waals surface area contributed by atoms with Crippen molar-refractivity contribution in [1.29, 1.82) is 0 Å². The molecule has 0 unspecified atom stereocenters. The molecule has 0 saturated carbocycles. The number of hydrogen-bond donors (Lipinski definition) is 0. The van der Waals surface area contributed by atoms with Crippen molar-refractivity contribution in [3.63, 3.8) is 0 Å². The van der Waals surface area contributed by atoms with Crippen molar-refractivity contribution in [2.75, 3.05) is 31.1 Å². The van der Waals surface area contributed by atoms with E-state index in [4.69, 9.17) is 16.0 Å². The zero-order valence-corrected chi connectivity index (χ0v) is 18.1. The van der Waals surface area contributed by atoms with Crippen molar-refractivity contribution in [1.82, 2.24) is 4.90 Å². The average molecular weight is 458 g/mol. The monoisotopic (exact) mass is 457 g/mol. The van der Waals surface area contributed by atoms with Gasteiger partial charge in [-0.15, -0.1) is 11.8 Å². The largest absolute Gasteiger partial charge is 0.468 e. The summed E-state index contributed by atoms with van der Waals surface area (Å²) in [6.45, 7) is 2.46. The van der Waals surface area contributed by atoms with Gasteiger partial charge in [0.05, 0.1) is 21.8 Å². The second-order valence-electron chi connectivity index (χ2n) is 7.06. The van der Waals surface area contributed by atoms with Crippen LogP contribution in [0.3, 0.4) is 0 Å². The quantitative estimate of drug-likeness (QED) is 0.291. The summed E-state index contributed by atoms with van der Waals surface area (Å²) >= 11 is 7.28. The lowest BCUT2D eigenvalue weighted by Gasteiger charge is -2.36. The number of anilines is 1. The Labute approximate surface area is 188 Å². The van der Waals surface area contributed by atoms with Crippen molar-refractivity contribution < 1.29 is 14.1 Å². The third kappa shape index (κ3) is 5.03. The summed E-state index contributed by atoms with van der Waals surface area (Å²) in [4.78, 5) is 28.3. The van der Waals surface area contributed by atoms with E-state index >= 15 is 0 Å². The smallest absolute Gasteiger partial charge is 0.283 e. The number of furan rings is 1. The van der Waals surface area contributed by atoms with Crippen LogP contribution in [0.4, 0.5) is 11.4 Å². The van der Waals surface area contributed by atoms with Gasteiger partial charge in [0.1, 0.15) is 5.76 Å². The lowest BCUT2D eigenvalue weighted by Crippen LogP contribution is -2.48. The minimum Gasteiger partial charge on any atom is -0.468 e. The number of halogens is 1. The van der Waals surface area contributed by atoms with Gasteiger partial charge in [0.25, 0.3) is 11.6 Å². The molecular weight excluding hydrogens is 438 g/mol. The van der Waals surface area contributed by atoms with Crippen molar-refractivity contribution in [2.24, 2.45) is 0 Å². The van der Waals surface area contributed by atoms with E-state index in [-0.39, 0.29) is 16.5 Å². The highest BCUT2D eigenvalue weighted by molar-refractivity contribution is 7.98. The molecule has 1 saturated heterocycles. The number of benzene rings is 2. The number of hydrogen-bond acceptors (Lipinski definition) is 6. The molecule has 1 aliphatic rings. The van der Waals surface area contributed by atoms with Gasteiger partial charge in [-0.2, -0.15) is 0 Å². The van der Waals surface area contributed by atoms with Gasteiger partial charge in [-0.3, -0.25) is 14.9 Å². The summed E-state index contributed by atoms with van der Waals surface area (Å²) in [6, 6.07) is 15.7. The second-order valence-corrected chi connectivity index (χ2v) is 8.52. The van der Waals surface area contributed by atoms with Gasteiger partial charge in [-0.05, 0) is 48.5 Å². The Hall–Kier alpha value is -2.97. The molecule has 0 radical (unpaired) electrons. The van der Waals surface area contributed by atoms with E-state index in [9.17, 15) is 14.9 Å². The van der Waals surface area contributed by atoms with E-state index in [1.165, 1.54) is 11.8 Å². The molecule has 1 amide bonds. The van der Waals surface area contributed by atoms with E-state index < -0.39 is 0 Å². The summed E-state index contributed by atoms with van der Waals surface area (Å²) in [6.07, 6.45) is 1.59. The maximum Gasteiger partial charge on any atom is 0.283 e. The van der Waals surface area contributed by atoms with Crippen LogP contribution in [-0.4, -0.2) is 41.9 Å². The van der Waals surface area contributed by atoms with Gasteiger partial charge in [-0.25, -0.2) is 0 Å². The Kier molecular flexibility index (Phi) is 6.48. The topological polar surface area (TPSA) is 79.8 Å². The van der Waals surface area contributed by atoms with Crippen LogP contribution in [0.1, 0.15) is 16.1 Å². The number of thioether (sulfide) groups is 1. The minimum atomic E-state index is -0.364. The molecule has 9 heteroatoms. The zero-order chi connectivity index (χ0) is 21.8. The fourth-order valence-electron chi connectivity index (χ4n) is 3.45. The van der Waals surface area contributed by atoms with Crippen LogP contribution < -0.4 is 4.90 Å². The number of nitrogens with zero attached hydrogens (tertiary/aromatic N) is 3. The molecule has 2 heterocycles. The molecule has 7 nitrogen and oxygen atoms in total. The lowest BCUT2D eigenvalue weighted by atomic mass is 10.1. The Morgan fingerprint density at radius 1 is 1.10 bits per heavy atom. The summed E-state index contributed by atoms with van der Waals surface area (Å²) in [5.74, 6) is 1.26. The molecule has 0 N–H and O–H groups in total. The number of nitro benzene ring substituents is 1. The third-order valence-electron chi connectivity index (χ3n) is 5.11. The molecular formula is C22H20ClN3O4S. The van der Waals surface area contributed by atoms with Crippen molar-refractivity contribution in [2.45, 2.75) is 10.6 Å². The van der Waals surface area contributed by atoms with Crippen LogP contribution >= 0.6 is 23.4 Å². The Morgan fingerprint density at radius 2 is 1.84 bits per heavy atom. The Bertz CT molecular complexity index is 1060. The Morgan fingerprint density at radius 3 is 2.48 bits per heavy atom. The van der Waals surface area contributed by atoms with Crippen molar-refractivity contribution >= 4 is 40.6 Å².